The minimum absolute atomic E-state index is 0.0907. The Balaban J connectivity index is 1.78. The van der Waals surface area contributed by atoms with E-state index < -0.39 is 5.97 Å². The molecule has 0 aliphatic carbocycles. The molecular weight excluding hydrogens is 358 g/mol. The van der Waals surface area contributed by atoms with Gasteiger partial charge in [-0.1, -0.05) is 29.8 Å². The van der Waals surface area contributed by atoms with Gasteiger partial charge in [0.05, 0.1) is 10.4 Å². The Kier molecular flexibility index (Phi) is 4.88. The highest BCUT2D eigenvalue weighted by atomic mass is 35.5. The predicted molar refractivity (Wildman–Crippen MR) is 99.9 cm³/mol. The third-order valence-corrected chi connectivity index (χ3v) is 5.52. The van der Waals surface area contributed by atoms with E-state index in [0.717, 1.165) is 21.3 Å². The minimum Gasteiger partial charge on any atom is -0.454 e. The Labute approximate surface area is 154 Å². The van der Waals surface area contributed by atoms with E-state index >= 15 is 0 Å². The molecule has 4 nitrogen and oxygen atoms in total. The summed E-state index contributed by atoms with van der Waals surface area (Å²) >= 11 is 7.45. The van der Waals surface area contributed by atoms with Gasteiger partial charge < -0.3 is 4.74 Å². The number of pyridine rings is 1. The van der Waals surface area contributed by atoms with E-state index in [1.165, 1.54) is 11.3 Å². The molecule has 0 radical (unpaired) electrons. The second-order valence-corrected chi connectivity index (χ2v) is 7.21. The highest BCUT2D eigenvalue weighted by Gasteiger charge is 2.20. The fourth-order valence-corrected chi connectivity index (χ4v) is 4.24. The topological polar surface area (TPSA) is 56.3 Å². The summed E-state index contributed by atoms with van der Waals surface area (Å²) in [6.45, 7) is 5.13. The molecule has 0 bridgehead atoms. The van der Waals surface area contributed by atoms with Crippen LogP contribution in [0, 0.1) is 20.8 Å². The number of ether oxygens (including phenoxy) is 1. The summed E-state index contributed by atoms with van der Waals surface area (Å²) in [5.41, 5.74) is 2.50. The molecule has 25 heavy (non-hydrogen) atoms. The van der Waals surface area contributed by atoms with Crippen molar-refractivity contribution < 1.29 is 14.3 Å². The van der Waals surface area contributed by atoms with Gasteiger partial charge in [-0.15, -0.1) is 11.3 Å². The number of hydrogen-bond donors (Lipinski definition) is 0. The zero-order chi connectivity index (χ0) is 18.1. The van der Waals surface area contributed by atoms with Gasteiger partial charge in [0.1, 0.15) is 5.15 Å². The van der Waals surface area contributed by atoms with Gasteiger partial charge in [-0.25, -0.2) is 9.78 Å². The second-order valence-electron chi connectivity index (χ2n) is 5.80. The van der Waals surface area contributed by atoms with Crippen molar-refractivity contribution in [3.8, 4) is 0 Å². The van der Waals surface area contributed by atoms with Crippen molar-refractivity contribution in [3.05, 3.63) is 62.7 Å². The Morgan fingerprint density at radius 2 is 1.92 bits per heavy atom. The Morgan fingerprint density at radius 3 is 2.60 bits per heavy atom. The number of aromatic nitrogens is 1. The number of hydrogen-bond acceptors (Lipinski definition) is 5. The second kappa shape index (κ2) is 6.94. The van der Waals surface area contributed by atoms with Crippen molar-refractivity contribution in [1.82, 2.24) is 4.98 Å². The number of thiophene rings is 1. The van der Waals surface area contributed by atoms with Crippen LogP contribution in [0.1, 0.15) is 36.9 Å². The first-order valence-electron chi connectivity index (χ1n) is 7.70. The lowest BCUT2D eigenvalue weighted by molar-refractivity contribution is 0.0474. The first kappa shape index (κ1) is 17.6. The number of fused-ring (bicyclic) bond motifs is 1. The minimum atomic E-state index is -0.637. The number of carbonyl (C=O) groups is 2. The van der Waals surface area contributed by atoms with Gasteiger partial charge in [-0.05, 0) is 49.4 Å². The number of ketones is 1. The standard InChI is InChI=1S/C19H16ClNO3S/c1-10-8-11(2)21-18(20)16(10)19(23)24-9-14(22)17-12(3)13-6-4-5-7-15(13)25-17/h4-8H,9H2,1-3H3. The van der Waals surface area contributed by atoms with Crippen molar-refractivity contribution >= 4 is 44.8 Å². The van der Waals surface area contributed by atoms with Crippen LogP contribution in [0.15, 0.2) is 30.3 Å². The van der Waals surface area contributed by atoms with E-state index in [9.17, 15) is 9.59 Å². The van der Waals surface area contributed by atoms with E-state index in [-0.39, 0.29) is 23.1 Å². The molecule has 6 heteroatoms. The highest BCUT2D eigenvalue weighted by molar-refractivity contribution is 7.21. The molecule has 0 spiro atoms. The first-order chi connectivity index (χ1) is 11.9. The SMILES string of the molecule is Cc1cc(C)c(C(=O)OCC(=O)c2sc3ccccc3c2C)c(Cl)n1. The van der Waals surface area contributed by atoms with Crippen LogP contribution in [0.4, 0.5) is 0 Å². The molecule has 1 aromatic carbocycles. The Bertz CT molecular complexity index is 970. The number of carbonyl (C=O) groups excluding carboxylic acids is 2. The molecule has 0 amide bonds. The van der Waals surface area contributed by atoms with Gasteiger partial charge in [-0.3, -0.25) is 4.79 Å². The fourth-order valence-electron chi connectivity index (χ4n) is 2.75. The van der Waals surface area contributed by atoms with E-state index in [1.54, 1.807) is 19.9 Å². The van der Waals surface area contributed by atoms with Gasteiger partial charge >= 0.3 is 5.97 Å². The Hall–Kier alpha value is -2.24. The van der Waals surface area contributed by atoms with Crippen LogP contribution in [-0.2, 0) is 4.74 Å². The number of aryl methyl sites for hydroxylation is 3. The number of esters is 1. The maximum Gasteiger partial charge on any atom is 0.342 e. The van der Waals surface area contributed by atoms with Crippen LogP contribution in [-0.4, -0.2) is 23.3 Å². The summed E-state index contributed by atoms with van der Waals surface area (Å²) in [7, 11) is 0. The summed E-state index contributed by atoms with van der Waals surface area (Å²) in [5.74, 6) is -0.858. The van der Waals surface area contributed by atoms with Crippen molar-refractivity contribution in [2.75, 3.05) is 6.61 Å². The normalized spacial score (nSPS) is 10.9. The average molecular weight is 374 g/mol. The molecule has 0 aliphatic rings. The van der Waals surface area contributed by atoms with Gasteiger partial charge in [0.15, 0.2) is 6.61 Å². The lowest BCUT2D eigenvalue weighted by Crippen LogP contribution is -2.16. The summed E-state index contributed by atoms with van der Waals surface area (Å²) in [4.78, 5) is 29.4. The zero-order valence-electron chi connectivity index (χ0n) is 14.1. The molecule has 3 aromatic rings. The van der Waals surface area contributed by atoms with Crippen LogP contribution in [0.5, 0.6) is 0 Å². The van der Waals surface area contributed by atoms with Crippen LogP contribution >= 0.6 is 22.9 Å². The number of rotatable bonds is 4. The van der Waals surface area contributed by atoms with Gasteiger partial charge in [0.2, 0.25) is 5.78 Å². The highest BCUT2D eigenvalue weighted by Crippen LogP contribution is 2.31. The maximum absolute atomic E-state index is 12.5. The number of halogens is 1. The quantitative estimate of drug-likeness (QED) is 0.370. The molecule has 128 valence electrons. The summed E-state index contributed by atoms with van der Waals surface area (Å²) in [6.07, 6.45) is 0. The van der Waals surface area contributed by atoms with Crippen molar-refractivity contribution in [1.29, 1.82) is 0 Å². The summed E-state index contributed by atoms with van der Waals surface area (Å²) < 4.78 is 6.23. The molecule has 0 aliphatic heterocycles. The number of benzene rings is 1. The van der Waals surface area contributed by atoms with E-state index in [2.05, 4.69) is 4.98 Å². The molecule has 2 heterocycles. The molecular formula is C19H16ClNO3S. The van der Waals surface area contributed by atoms with Crippen LogP contribution in [0.25, 0.3) is 10.1 Å². The van der Waals surface area contributed by atoms with E-state index in [1.807, 2.05) is 31.2 Å². The molecule has 0 unspecified atom stereocenters. The third kappa shape index (κ3) is 3.43. The van der Waals surface area contributed by atoms with Gasteiger partial charge in [0.25, 0.3) is 0 Å². The van der Waals surface area contributed by atoms with Crippen molar-refractivity contribution in [2.24, 2.45) is 0 Å². The molecule has 0 fully saturated rings. The monoisotopic (exact) mass is 373 g/mol. The molecule has 0 atom stereocenters. The number of Topliss-reactive ketones (excluding diaryl/α,β-unsaturated/α-hetero) is 1. The van der Waals surface area contributed by atoms with Crippen molar-refractivity contribution in [3.63, 3.8) is 0 Å². The van der Waals surface area contributed by atoms with Crippen LogP contribution < -0.4 is 0 Å². The molecule has 2 aromatic heterocycles. The van der Waals surface area contributed by atoms with E-state index in [0.29, 0.717) is 10.4 Å². The average Bonchev–Trinajstić information content (AvgIpc) is 2.89. The maximum atomic E-state index is 12.5. The van der Waals surface area contributed by atoms with Crippen LogP contribution in [0.2, 0.25) is 5.15 Å². The van der Waals surface area contributed by atoms with Crippen molar-refractivity contribution in [2.45, 2.75) is 20.8 Å². The third-order valence-electron chi connectivity index (χ3n) is 3.94. The molecule has 0 saturated carbocycles. The lowest BCUT2D eigenvalue weighted by atomic mass is 10.1. The van der Waals surface area contributed by atoms with Crippen LogP contribution in [0.3, 0.4) is 0 Å². The van der Waals surface area contributed by atoms with E-state index in [4.69, 9.17) is 16.3 Å². The molecule has 0 N–H and O–H groups in total. The first-order valence-corrected chi connectivity index (χ1v) is 8.90. The summed E-state index contributed by atoms with van der Waals surface area (Å²) in [6, 6.07) is 9.57. The fraction of sp³-hybridized carbons (Fsp3) is 0.211. The molecule has 3 rings (SSSR count). The summed E-state index contributed by atoms with van der Waals surface area (Å²) in [5, 5.41) is 1.14. The largest absolute Gasteiger partial charge is 0.454 e. The smallest absolute Gasteiger partial charge is 0.342 e. The van der Waals surface area contributed by atoms with Gasteiger partial charge in [-0.2, -0.15) is 0 Å². The number of nitrogens with zero attached hydrogens (tertiary/aromatic N) is 1. The zero-order valence-corrected chi connectivity index (χ0v) is 15.6. The Morgan fingerprint density at radius 1 is 1.20 bits per heavy atom. The lowest BCUT2D eigenvalue weighted by Gasteiger charge is -2.08. The predicted octanol–water partition coefficient (Wildman–Crippen LogP) is 4.91. The van der Waals surface area contributed by atoms with Gasteiger partial charge in [0, 0.05) is 10.4 Å². The molecule has 0 saturated heterocycles.